The van der Waals surface area contributed by atoms with Gasteiger partial charge in [-0.15, -0.1) is 0 Å². The number of rotatable bonds is 7. The molecular formula is C20H23N3O3S. The summed E-state index contributed by atoms with van der Waals surface area (Å²) in [5.41, 5.74) is 1.38. The van der Waals surface area contributed by atoms with Gasteiger partial charge in [-0.3, -0.25) is 14.9 Å². The lowest BCUT2D eigenvalue weighted by atomic mass is 10.1. The predicted molar refractivity (Wildman–Crippen MR) is 110 cm³/mol. The minimum absolute atomic E-state index is 0.105. The number of nitrogens with one attached hydrogen (secondary N) is 3. The molecule has 0 radical (unpaired) electrons. The van der Waals surface area contributed by atoms with Crippen molar-refractivity contribution >= 4 is 34.8 Å². The molecule has 2 aromatic rings. The molecule has 2 amide bonds. The van der Waals surface area contributed by atoms with Gasteiger partial charge >= 0.3 is 0 Å². The lowest BCUT2D eigenvalue weighted by Gasteiger charge is -2.13. The molecule has 0 spiro atoms. The Morgan fingerprint density at radius 2 is 1.85 bits per heavy atom. The van der Waals surface area contributed by atoms with Gasteiger partial charge < -0.3 is 15.4 Å². The molecule has 0 bridgehead atoms. The van der Waals surface area contributed by atoms with Crippen molar-refractivity contribution in [2.75, 3.05) is 19.0 Å². The summed E-state index contributed by atoms with van der Waals surface area (Å²) in [5, 5.41) is 8.18. The highest BCUT2D eigenvalue weighted by molar-refractivity contribution is 7.80. The molecule has 0 unspecified atom stereocenters. The SMILES string of the molecule is CCCCOc1cccc(C(=O)NC(=S)Nc2ccccc2C(=O)NC)c1. The maximum atomic E-state index is 12.4. The highest BCUT2D eigenvalue weighted by atomic mass is 32.1. The second-order valence-electron chi connectivity index (χ2n) is 5.76. The fraction of sp³-hybridized carbons (Fsp3) is 0.250. The van der Waals surface area contributed by atoms with E-state index in [0.29, 0.717) is 29.2 Å². The largest absolute Gasteiger partial charge is 0.494 e. The van der Waals surface area contributed by atoms with Crippen LogP contribution in [0.5, 0.6) is 5.75 Å². The number of carbonyl (C=O) groups excluding carboxylic acids is 2. The fourth-order valence-corrected chi connectivity index (χ4v) is 2.52. The van der Waals surface area contributed by atoms with Crippen LogP contribution in [0.4, 0.5) is 5.69 Å². The molecule has 0 aliphatic carbocycles. The number of hydrogen-bond donors (Lipinski definition) is 3. The first-order chi connectivity index (χ1) is 13.0. The zero-order valence-electron chi connectivity index (χ0n) is 15.4. The summed E-state index contributed by atoms with van der Waals surface area (Å²) in [7, 11) is 1.55. The summed E-state index contributed by atoms with van der Waals surface area (Å²) in [6, 6.07) is 13.8. The van der Waals surface area contributed by atoms with Crippen LogP contribution in [-0.2, 0) is 0 Å². The number of benzene rings is 2. The van der Waals surface area contributed by atoms with E-state index in [-0.39, 0.29) is 16.9 Å². The Labute approximate surface area is 164 Å². The number of anilines is 1. The number of unbranched alkanes of at least 4 members (excludes halogenated alkanes) is 1. The number of para-hydroxylation sites is 1. The maximum absolute atomic E-state index is 12.4. The molecule has 0 aromatic heterocycles. The zero-order valence-corrected chi connectivity index (χ0v) is 16.2. The molecule has 3 N–H and O–H groups in total. The predicted octanol–water partition coefficient (Wildman–Crippen LogP) is 3.35. The van der Waals surface area contributed by atoms with E-state index in [2.05, 4.69) is 22.9 Å². The van der Waals surface area contributed by atoms with Crippen molar-refractivity contribution in [1.29, 1.82) is 0 Å². The van der Waals surface area contributed by atoms with E-state index in [0.717, 1.165) is 12.8 Å². The molecule has 0 heterocycles. The number of ether oxygens (including phenoxy) is 1. The van der Waals surface area contributed by atoms with Crippen molar-refractivity contribution in [1.82, 2.24) is 10.6 Å². The van der Waals surface area contributed by atoms with Crippen molar-refractivity contribution in [3.05, 3.63) is 59.7 Å². The molecule has 2 rings (SSSR count). The Balaban J connectivity index is 2.01. The van der Waals surface area contributed by atoms with E-state index < -0.39 is 0 Å². The van der Waals surface area contributed by atoms with E-state index in [1.54, 1.807) is 49.5 Å². The Morgan fingerprint density at radius 3 is 2.59 bits per heavy atom. The summed E-state index contributed by atoms with van der Waals surface area (Å²) in [6.45, 7) is 2.70. The van der Waals surface area contributed by atoms with Crippen molar-refractivity contribution in [3.8, 4) is 5.75 Å². The van der Waals surface area contributed by atoms with Crippen LogP contribution >= 0.6 is 12.2 Å². The lowest BCUT2D eigenvalue weighted by Crippen LogP contribution is -2.34. The van der Waals surface area contributed by atoms with Gasteiger partial charge in [-0.1, -0.05) is 31.5 Å². The third-order valence-electron chi connectivity index (χ3n) is 3.74. The average molecular weight is 385 g/mol. The first kappa shape index (κ1) is 20.4. The summed E-state index contributed by atoms with van der Waals surface area (Å²) in [6.07, 6.45) is 1.99. The second kappa shape index (κ2) is 10.3. The van der Waals surface area contributed by atoms with E-state index in [9.17, 15) is 9.59 Å². The molecule has 7 heteroatoms. The van der Waals surface area contributed by atoms with Gasteiger partial charge in [0.2, 0.25) is 0 Å². The van der Waals surface area contributed by atoms with E-state index in [1.807, 2.05) is 6.07 Å². The Morgan fingerprint density at radius 1 is 1.07 bits per heavy atom. The summed E-state index contributed by atoms with van der Waals surface area (Å²) in [5.74, 6) is 0.0370. The van der Waals surface area contributed by atoms with Crippen LogP contribution in [0.15, 0.2) is 48.5 Å². The minimum Gasteiger partial charge on any atom is -0.494 e. The molecule has 0 fully saturated rings. The molecule has 0 saturated heterocycles. The minimum atomic E-state index is -0.356. The molecule has 0 aliphatic rings. The zero-order chi connectivity index (χ0) is 19.6. The van der Waals surface area contributed by atoms with E-state index in [4.69, 9.17) is 17.0 Å². The topological polar surface area (TPSA) is 79.5 Å². The van der Waals surface area contributed by atoms with Gasteiger partial charge in [0.1, 0.15) is 5.75 Å². The Hall–Kier alpha value is -2.93. The van der Waals surface area contributed by atoms with Crippen molar-refractivity contribution in [3.63, 3.8) is 0 Å². The Kier molecular flexibility index (Phi) is 7.76. The van der Waals surface area contributed by atoms with E-state index in [1.165, 1.54) is 0 Å². The van der Waals surface area contributed by atoms with Crippen LogP contribution in [0.1, 0.15) is 40.5 Å². The number of thiocarbonyl (C=S) groups is 1. The number of hydrogen-bond acceptors (Lipinski definition) is 4. The molecule has 27 heavy (non-hydrogen) atoms. The molecular weight excluding hydrogens is 362 g/mol. The highest BCUT2D eigenvalue weighted by Gasteiger charge is 2.13. The van der Waals surface area contributed by atoms with Gasteiger partial charge in [-0.05, 0) is 49.0 Å². The molecule has 0 aliphatic heterocycles. The first-order valence-electron chi connectivity index (χ1n) is 8.71. The molecule has 0 atom stereocenters. The van der Waals surface area contributed by atoms with Crippen molar-refractivity contribution in [2.24, 2.45) is 0 Å². The normalized spacial score (nSPS) is 10.0. The molecule has 2 aromatic carbocycles. The summed E-state index contributed by atoms with van der Waals surface area (Å²) in [4.78, 5) is 24.3. The van der Waals surface area contributed by atoms with Gasteiger partial charge in [-0.25, -0.2) is 0 Å². The van der Waals surface area contributed by atoms with Gasteiger partial charge in [0.25, 0.3) is 11.8 Å². The monoisotopic (exact) mass is 385 g/mol. The average Bonchev–Trinajstić information content (AvgIpc) is 2.68. The van der Waals surface area contributed by atoms with Gasteiger partial charge in [0.05, 0.1) is 17.9 Å². The standard InChI is InChI=1S/C20H23N3O3S/c1-3-4-12-26-15-9-7-8-14(13-15)18(24)23-20(27)22-17-11-6-5-10-16(17)19(25)21-2/h5-11,13H,3-4,12H2,1-2H3,(H,21,25)(H2,22,23,24,27). The third kappa shape index (κ3) is 6.07. The Bertz CT molecular complexity index is 824. The van der Waals surface area contributed by atoms with Gasteiger partial charge in [-0.2, -0.15) is 0 Å². The van der Waals surface area contributed by atoms with Crippen molar-refractivity contribution < 1.29 is 14.3 Å². The molecule has 6 nitrogen and oxygen atoms in total. The van der Waals surface area contributed by atoms with E-state index >= 15 is 0 Å². The first-order valence-corrected chi connectivity index (χ1v) is 9.12. The van der Waals surface area contributed by atoms with Crippen LogP contribution in [0.3, 0.4) is 0 Å². The fourth-order valence-electron chi connectivity index (χ4n) is 2.32. The number of amides is 2. The van der Waals surface area contributed by atoms with Gasteiger partial charge in [0.15, 0.2) is 5.11 Å². The molecule has 142 valence electrons. The second-order valence-corrected chi connectivity index (χ2v) is 6.17. The summed E-state index contributed by atoms with van der Waals surface area (Å²) < 4.78 is 5.62. The summed E-state index contributed by atoms with van der Waals surface area (Å²) >= 11 is 5.21. The third-order valence-corrected chi connectivity index (χ3v) is 3.94. The maximum Gasteiger partial charge on any atom is 0.257 e. The number of carbonyl (C=O) groups is 2. The van der Waals surface area contributed by atoms with Crippen LogP contribution < -0.4 is 20.7 Å². The highest BCUT2D eigenvalue weighted by Crippen LogP contribution is 2.16. The van der Waals surface area contributed by atoms with Crippen LogP contribution in [0, 0.1) is 0 Å². The smallest absolute Gasteiger partial charge is 0.257 e. The van der Waals surface area contributed by atoms with Gasteiger partial charge in [0, 0.05) is 12.6 Å². The lowest BCUT2D eigenvalue weighted by molar-refractivity contribution is 0.0961. The van der Waals surface area contributed by atoms with Crippen LogP contribution in [0.2, 0.25) is 0 Å². The van der Waals surface area contributed by atoms with Crippen LogP contribution in [0.25, 0.3) is 0 Å². The quantitative estimate of drug-likeness (QED) is 0.503. The van der Waals surface area contributed by atoms with Crippen LogP contribution in [-0.4, -0.2) is 30.6 Å². The molecule has 0 saturated carbocycles. The van der Waals surface area contributed by atoms with Crippen molar-refractivity contribution in [2.45, 2.75) is 19.8 Å².